The van der Waals surface area contributed by atoms with Crippen LogP contribution in [0.1, 0.15) is 16.1 Å². The van der Waals surface area contributed by atoms with Crippen LogP contribution in [0.15, 0.2) is 71.3 Å². The van der Waals surface area contributed by atoms with Crippen LogP contribution >= 0.6 is 15.9 Å². The molecule has 1 amide bonds. The highest BCUT2D eigenvalue weighted by Gasteiger charge is 2.21. The number of hydrogen-bond donors (Lipinski definition) is 1. The van der Waals surface area contributed by atoms with Crippen LogP contribution in [0.3, 0.4) is 0 Å². The highest BCUT2D eigenvalue weighted by molar-refractivity contribution is 9.10. The van der Waals surface area contributed by atoms with Crippen molar-refractivity contribution in [2.24, 2.45) is 0 Å². The monoisotopic (exact) mass is 400 g/mol. The summed E-state index contributed by atoms with van der Waals surface area (Å²) in [5, 5.41) is 2.32. The van der Waals surface area contributed by atoms with Gasteiger partial charge in [0.25, 0.3) is 11.7 Å². The molecular weight excluding hydrogens is 387 g/mol. The maximum absolute atomic E-state index is 13.8. The average molecular weight is 401 g/mol. The Morgan fingerprint density at radius 3 is 2.52 bits per heavy atom. The molecule has 4 nitrogen and oxygen atoms in total. The summed E-state index contributed by atoms with van der Waals surface area (Å²) in [6.45, 7) is 0.467. The maximum Gasteiger partial charge on any atom is 0.298 e. The fourth-order valence-corrected chi connectivity index (χ4v) is 2.76. The van der Waals surface area contributed by atoms with Crippen molar-refractivity contribution in [1.29, 1.82) is 0 Å². The summed E-state index contributed by atoms with van der Waals surface area (Å²) in [4.78, 5) is 24.6. The van der Waals surface area contributed by atoms with Crippen molar-refractivity contribution < 1.29 is 14.0 Å². The van der Waals surface area contributed by atoms with Gasteiger partial charge in [-0.15, -0.1) is 0 Å². The summed E-state index contributed by atoms with van der Waals surface area (Å²) in [6.07, 6.45) is 1.73. The van der Waals surface area contributed by atoms with Crippen LogP contribution in [0.2, 0.25) is 0 Å². The van der Waals surface area contributed by atoms with Crippen molar-refractivity contribution in [2.75, 3.05) is 5.32 Å². The highest BCUT2D eigenvalue weighted by Crippen LogP contribution is 2.19. The Morgan fingerprint density at radius 1 is 1.04 bits per heavy atom. The second-order valence-corrected chi connectivity index (χ2v) is 6.33. The van der Waals surface area contributed by atoms with Crippen LogP contribution in [0.5, 0.6) is 0 Å². The summed E-state index contributed by atoms with van der Waals surface area (Å²) in [7, 11) is 0. The molecule has 1 heterocycles. The Labute approximate surface area is 152 Å². The number of ketones is 1. The van der Waals surface area contributed by atoms with E-state index in [9.17, 15) is 14.0 Å². The van der Waals surface area contributed by atoms with Gasteiger partial charge in [0.1, 0.15) is 5.82 Å². The molecule has 0 saturated carbocycles. The molecule has 3 rings (SSSR count). The summed E-state index contributed by atoms with van der Waals surface area (Å²) in [6, 6.07) is 17.1. The lowest BCUT2D eigenvalue weighted by atomic mass is 10.2. The molecule has 0 fully saturated rings. The minimum absolute atomic E-state index is 0.0392. The van der Waals surface area contributed by atoms with E-state index >= 15 is 0 Å². The fraction of sp³-hybridized carbons (Fsp3) is 0.0526. The lowest BCUT2D eigenvalue weighted by Crippen LogP contribution is -2.25. The largest absolute Gasteiger partial charge is 0.340 e. The van der Waals surface area contributed by atoms with E-state index in [1.807, 2.05) is 30.3 Å². The average Bonchev–Trinajstić information content (AvgIpc) is 3.05. The molecular formula is C19H14BrFN2O2. The number of anilines is 1. The molecule has 6 heteroatoms. The number of rotatable bonds is 5. The summed E-state index contributed by atoms with van der Waals surface area (Å²) < 4.78 is 16.1. The highest BCUT2D eigenvalue weighted by atomic mass is 79.9. The van der Waals surface area contributed by atoms with E-state index in [2.05, 4.69) is 21.2 Å². The van der Waals surface area contributed by atoms with Gasteiger partial charge >= 0.3 is 0 Å². The number of aromatic nitrogens is 1. The van der Waals surface area contributed by atoms with Gasteiger partial charge in [0.15, 0.2) is 0 Å². The van der Waals surface area contributed by atoms with Crippen molar-refractivity contribution >= 4 is 33.3 Å². The Bertz CT molecular complexity index is 922. The van der Waals surface area contributed by atoms with Gasteiger partial charge in [-0.25, -0.2) is 4.39 Å². The zero-order valence-corrected chi connectivity index (χ0v) is 14.7. The molecule has 0 aliphatic carbocycles. The maximum atomic E-state index is 13.8. The molecule has 2 aromatic carbocycles. The third-order valence-corrected chi connectivity index (χ3v) is 4.14. The summed E-state index contributed by atoms with van der Waals surface area (Å²) in [5.41, 5.74) is 1.22. The number of carbonyl (C=O) groups excluding carboxylic acids is 2. The molecule has 0 unspecified atom stereocenters. The third-order valence-electron chi connectivity index (χ3n) is 3.64. The number of carbonyl (C=O) groups is 2. The zero-order valence-electron chi connectivity index (χ0n) is 13.1. The second-order valence-electron chi connectivity index (χ2n) is 5.41. The first-order valence-corrected chi connectivity index (χ1v) is 8.33. The first-order valence-electron chi connectivity index (χ1n) is 7.54. The SMILES string of the molecule is O=C(Nc1ccc(Br)cc1F)C(=O)c1cccn1Cc1ccccc1. The van der Waals surface area contributed by atoms with Gasteiger partial charge < -0.3 is 9.88 Å². The first kappa shape index (κ1) is 17.1. The van der Waals surface area contributed by atoms with Crippen molar-refractivity contribution in [3.05, 3.63) is 88.4 Å². The molecule has 126 valence electrons. The molecule has 0 atom stereocenters. The number of nitrogens with one attached hydrogen (secondary N) is 1. The van der Waals surface area contributed by atoms with Crippen molar-refractivity contribution in [2.45, 2.75) is 6.54 Å². The van der Waals surface area contributed by atoms with E-state index in [1.54, 1.807) is 29.0 Å². The smallest absolute Gasteiger partial charge is 0.298 e. The normalized spacial score (nSPS) is 10.5. The van der Waals surface area contributed by atoms with E-state index in [-0.39, 0.29) is 11.4 Å². The van der Waals surface area contributed by atoms with Gasteiger partial charge in [-0.05, 0) is 35.9 Å². The fourth-order valence-electron chi connectivity index (χ4n) is 2.42. The van der Waals surface area contributed by atoms with Crippen molar-refractivity contribution in [3.63, 3.8) is 0 Å². The third kappa shape index (κ3) is 4.03. The lowest BCUT2D eigenvalue weighted by Gasteiger charge is -2.09. The van der Waals surface area contributed by atoms with E-state index in [0.29, 0.717) is 11.0 Å². The van der Waals surface area contributed by atoms with Crippen LogP contribution in [0.25, 0.3) is 0 Å². The molecule has 1 N–H and O–H groups in total. The minimum atomic E-state index is -0.880. The van der Waals surface area contributed by atoms with Crippen LogP contribution in [0.4, 0.5) is 10.1 Å². The first-order chi connectivity index (χ1) is 12.0. The topological polar surface area (TPSA) is 51.1 Å². The second kappa shape index (κ2) is 7.44. The standard InChI is InChI=1S/C19H14BrFN2O2/c20-14-8-9-16(15(21)11-14)22-19(25)18(24)17-7-4-10-23(17)12-13-5-2-1-3-6-13/h1-11H,12H2,(H,22,25). The van der Waals surface area contributed by atoms with Gasteiger partial charge in [-0.3, -0.25) is 9.59 Å². The summed E-state index contributed by atoms with van der Waals surface area (Å²) >= 11 is 3.14. The predicted molar refractivity (Wildman–Crippen MR) is 97.0 cm³/mol. The minimum Gasteiger partial charge on any atom is -0.340 e. The molecule has 0 aliphatic rings. The van der Waals surface area contributed by atoms with Crippen LogP contribution in [-0.4, -0.2) is 16.3 Å². The molecule has 0 radical (unpaired) electrons. The Kier molecular flexibility index (Phi) is 5.09. The number of hydrogen-bond acceptors (Lipinski definition) is 2. The van der Waals surface area contributed by atoms with Crippen LogP contribution in [0, 0.1) is 5.82 Å². The molecule has 3 aromatic rings. The van der Waals surface area contributed by atoms with Gasteiger partial charge in [0.05, 0.1) is 11.4 Å². The molecule has 0 aliphatic heterocycles. The number of nitrogens with zero attached hydrogens (tertiary/aromatic N) is 1. The summed E-state index contributed by atoms with van der Waals surface area (Å²) in [5.74, 6) is -2.22. The number of amides is 1. The molecule has 1 aromatic heterocycles. The zero-order chi connectivity index (χ0) is 17.8. The molecule has 0 bridgehead atoms. The molecule has 25 heavy (non-hydrogen) atoms. The Balaban J connectivity index is 1.77. The van der Waals surface area contributed by atoms with Gasteiger partial charge in [-0.1, -0.05) is 46.3 Å². The van der Waals surface area contributed by atoms with E-state index in [4.69, 9.17) is 0 Å². The Hall–Kier alpha value is -2.73. The van der Waals surface area contributed by atoms with Crippen LogP contribution in [-0.2, 0) is 11.3 Å². The van der Waals surface area contributed by atoms with Gasteiger partial charge in [0, 0.05) is 17.2 Å². The number of Topliss-reactive ketones (excluding diaryl/α,β-unsaturated/α-hetero) is 1. The van der Waals surface area contributed by atoms with Crippen molar-refractivity contribution in [3.8, 4) is 0 Å². The van der Waals surface area contributed by atoms with Gasteiger partial charge in [-0.2, -0.15) is 0 Å². The Morgan fingerprint density at radius 2 is 1.80 bits per heavy atom. The van der Waals surface area contributed by atoms with Gasteiger partial charge in [0.2, 0.25) is 0 Å². The lowest BCUT2D eigenvalue weighted by molar-refractivity contribution is -0.112. The van der Waals surface area contributed by atoms with E-state index < -0.39 is 17.5 Å². The number of benzene rings is 2. The predicted octanol–water partition coefficient (Wildman–Crippen LogP) is 4.26. The molecule has 0 spiro atoms. The van der Waals surface area contributed by atoms with Crippen molar-refractivity contribution in [1.82, 2.24) is 4.57 Å². The van der Waals surface area contributed by atoms with E-state index in [1.165, 1.54) is 12.1 Å². The number of halogens is 2. The molecule has 0 saturated heterocycles. The quantitative estimate of drug-likeness (QED) is 0.513. The van der Waals surface area contributed by atoms with E-state index in [0.717, 1.165) is 5.56 Å². The van der Waals surface area contributed by atoms with Crippen LogP contribution < -0.4 is 5.32 Å².